The van der Waals surface area contributed by atoms with Crippen molar-refractivity contribution < 1.29 is 0 Å². The van der Waals surface area contributed by atoms with E-state index in [-0.39, 0.29) is 0 Å². The van der Waals surface area contributed by atoms with Crippen molar-refractivity contribution in [2.75, 3.05) is 13.1 Å². The van der Waals surface area contributed by atoms with Crippen molar-refractivity contribution in [3.63, 3.8) is 0 Å². The molecule has 2 N–H and O–H groups in total. The van der Waals surface area contributed by atoms with E-state index in [1.165, 1.54) is 0 Å². The fraction of sp³-hybridized carbons (Fsp3) is 0.667. The summed E-state index contributed by atoms with van der Waals surface area (Å²) in [5.74, 6) is 0.511. The molecular weight excluding hydrogens is 222 g/mol. The van der Waals surface area contributed by atoms with Crippen molar-refractivity contribution in [3.8, 4) is 6.07 Å². The zero-order valence-electron chi connectivity index (χ0n) is 11.8. The predicted molar refractivity (Wildman–Crippen MR) is 75.7 cm³/mol. The van der Waals surface area contributed by atoms with E-state index in [9.17, 15) is 0 Å². The summed E-state index contributed by atoms with van der Waals surface area (Å²) in [6.45, 7) is 8.15. The topological polar surface area (TPSA) is 53.0 Å². The summed E-state index contributed by atoms with van der Waals surface area (Å²) in [5, 5.41) is 9.12. The largest absolute Gasteiger partial charge is 0.370 e. The molecule has 1 aliphatic carbocycles. The first kappa shape index (κ1) is 14.8. The Balaban J connectivity index is 0.000000771. The van der Waals surface area contributed by atoms with E-state index >= 15 is 0 Å². The predicted octanol–water partition coefficient (Wildman–Crippen LogP) is 2.81. The van der Waals surface area contributed by atoms with E-state index < -0.39 is 0 Å². The molecule has 2 rings (SSSR count). The van der Waals surface area contributed by atoms with Gasteiger partial charge in [-0.1, -0.05) is 26.8 Å². The lowest BCUT2D eigenvalue weighted by Crippen LogP contribution is -2.45. The van der Waals surface area contributed by atoms with Crippen LogP contribution in [0.4, 0.5) is 0 Å². The molecule has 1 fully saturated rings. The number of hydrogen-bond donors (Lipinski definition) is 1. The number of nitriles is 1. The van der Waals surface area contributed by atoms with Gasteiger partial charge in [0.2, 0.25) is 0 Å². The molecule has 2 atom stereocenters. The molecule has 0 saturated carbocycles. The lowest BCUT2D eigenvalue weighted by molar-refractivity contribution is 0.207. The molecule has 100 valence electrons. The van der Waals surface area contributed by atoms with Crippen molar-refractivity contribution >= 4 is 0 Å². The maximum Gasteiger partial charge on any atom is 0.0968 e. The van der Waals surface area contributed by atoms with Crippen LogP contribution < -0.4 is 5.73 Å². The van der Waals surface area contributed by atoms with Crippen molar-refractivity contribution in [2.24, 2.45) is 11.7 Å². The number of rotatable bonds is 1. The molecule has 0 bridgehead atoms. The van der Waals surface area contributed by atoms with E-state index in [2.05, 4.69) is 30.0 Å². The molecule has 1 heterocycles. The maximum absolute atomic E-state index is 9.12. The first-order chi connectivity index (χ1) is 8.72. The summed E-state index contributed by atoms with van der Waals surface area (Å²) < 4.78 is 0. The molecular formula is C15H25N3. The fourth-order valence-corrected chi connectivity index (χ4v) is 2.44. The van der Waals surface area contributed by atoms with Gasteiger partial charge in [-0.05, 0) is 31.3 Å². The minimum Gasteiger partial charge on any atom is -0.370 e. The first-order valence-corrected chi connectivity index (χ1v) is 7.02. The van der Waals surface area contributed by atoms with Crippen LogP contribution in [0.1, 0.15) is 40.0 Å². The highest BCUT2D eigenvalue weighted by atomic mass is 15.2. The molecule has 18 heavy (non-hydrogen) atoms. The number of likely N-dealkylation sites (tertiary alicyclic amines) is 1. The third-order valence-corrected chi connectivity index (χ3v) is 3.59. The number of piperidine rings is 1. The zero-order chi connectivity index (χ0) is 13.5. The van der Waals surface area contributed by atoms with Gasteiger partial charge in [-0.25, -0.2) is 0 Å². The van der Waals surface area contributed by atoms with Gasteiger partial charge in [0.15, 0.2) is 0 Å². The number of nitrogens with zero attached hydrogens (tertiary/aromatic N) is 2. The third-order valence-electron chi connectivity index (χ3n) is 3.59. The molecule has 0 spiro atoms. The number of allylic oxidation sites excluding steroid dienone is 3. The lowest BCUT2D eigenvalue weighted by Gasteiger charge is -2.38. The van der Waals surface area contributed by atoms with E-state index in [4.69, 9.17) is 11.0 Å². The van der Waals surface area contributed by atoms with Gasteiger partial charge in [0.05, 0.1) is 17.3 Å². The second-order valence-electron chi connectivity index (χ2n) is 4.79. The van der Waals surface area contributed by atoms with E-state index in [0.717, 1.165) is 43.6 Å². The molecule has 0 radical (unpaired) electrons. The first-order valence-electron chi connectivity index (χ1n) is 7.02. The van der Waals surface area contributed by atoms with Crippen molar-refractivity contribution in [3.05, 3.63) is 23.4 Å². The summed E-state index contributed by atoms with van der Waals surface area (Å²) in [5.41, 5.74) is 8.08. The average molecular weight is 247 g/mol. The Morgan fingerprint density at radius 1 is 1.44 bits per heavy atom. The molecule has 0 amide bonds. The zero-order valence-corrected chi connectivity index (χ0v) is 11.8. The van der Waals surface area contributed by atoms with Crippen LogP contribution >= 0.6 is 0 Å². The molecule has 1 saturated heterocycles. The molecule has 2 aliphatic rings. The molecule has 0 aromatic heterocycles. The van der Waals surface area contributed by atoms with Crippen LogP contribution in [-0.2, 0) is 0 Å². The van der Waals surface area contributed by atoms with Crippen LogP contribution in [0.25, 0.3) is 0 Å². The molecule has 3 nitrogen and oxygen atoms in total. The highest BCUT2D eigenvalue weighted by Crippen LogP contribution is 2.26. The van der Waals surface area contributed by atoms with Crippen molar-refractivity contribution in [1.29, 1.82) is 5.26 Å². The van der Waals surface area contributed by atoms with Gasteiger partial charge < -0.3 is 10.6 Å². The number of hydrogen-bond acceptors (Lipinski definition) is 3. The van der Waals surface area contributed by atoms with Gasteiger partial charge >= 0.3 is 0 Å². The average Bonchev–Trinajstić information content (AvgIpc) is 2.44. The van der Waals surface area contributed by atoms with Gasteiger partial charge in [0.25, 0.3) is 0 Å². The van der Waals surface area contributed by atoms with Crippen LogP contribution in [0.5, 0.6) is 0 Å². The monoisotopic (exact) mass is 247 g/mol. The minimum absolute atomic E-state index is 0.315. The fourth-order valence-electron chi connectivity index (χ4n) is 2.44. The van der Waals surface area contributed by atoms with Gasteiger partial charge in [-0.2, -0.15) is 5.26 Å². The van der Waals surface area contributed by atoms with Crippen LogP contribution in [-0.4, -0.2) is 24.0 Å². The van der Waals surface area contributed by atoms with Crippen molar-refractivity contribution in [1.82, 2.24) is 4.90 Å². The Morgan fingerprint density at radius 3 is 2.78 bits per heavy atom. The summed E-state index contributed by atoms with van der Waals surface area (Å²) in [7, 11) is 0. The normalized spacial score (nSPS) is 27.4. The summed E-state index contributed by atoms with van der Waals surface area (Å²) in [4.78, 5) is 2.32. The minimum atomic E-state index is 0.315. The SMILES string of the molecule is CC.CC1CN(C2=C(C#N)CCC=C2)CCC1N. The van der Waals surface area contributed by atoms with E-state index in [1.54, 1.807) is 0 Å². The van der Waals surface area contributed by atoms with Crippen LogP contribution in [0.15, 0.2) is 23.4 Å². The second kappa shape index (κ2) is 7.23. The second-order valence-corrected chi connectivity index (χ2v) is 4.79. The number of nitrogens with two attached hydrogens (primary N) is 1. The third kappa shape index (κ3) is 3.36. The highest BCUT2D eigenvalue weighted by Gasteiger charge is 2.25. The molecule has 0 aromatic rings. The molecule has 2 unspecified atom stereocenters. The maximum atomic E-state index is 9.12. The van der Waals surface area contributed by atoms with Crippen LogP contribution in [0, 0.1) is 17.2 Å². The Kier molecular flexibility index (Phi) is 5.94. The Hall–Kier alpha value is -1.27. The van der Waals surface area contributed by atoms with Crippen LogP contribution in [0.2, 0.25) is 0 Å². The molecule has 3 heteroatoms. The van der Waals surface area contributed by atoms with E-state index in [0.29, 0.717) is 12.0 Å². The Bertz CT molecular complexity index is 362. The lowest BCUT2D eigenvalue weighted by atomic mass is 9.92. The highest BCUT2D eigenvalue weighted by molar-refractivity contribution is 5.37. The Labute approximate surface area is 111 Å². The Morgan fingerprint density at radius 2 is 2.17 bits per heavy atom. The van der Waals surface area contributed by atoms with Gasteiger partial charge in [0.1, 0.15) is 0 Å². The van der Waals surface area contributed by atoms with Crippen molar-refractivity contribution in [2.45, 2.75) is 46.1 Å². The van der Waals surface area contributed by atoms with Gasteiger partial charge in [-0.15, -0.1) is 0 Å². The quantitative estimate of drug-likeness (QED) is 0.775. The molecule has 0 aromatic carbocycles. The van der Waals surface area contributed by atoms with E-state index in [1.807, 2.05) is 13.8 Å². The smallest absolute Gasteiger partial charge is 0.0968 e. The summed E-state index contributed by atoms with van der Waals surface area (Å²) in [6, 6.07) is 2.65. The molecule has 1 aliphatic heterocycles. The summed E-state index contributed by atoms with van der Waals surface area (Å²) in [6.07, 6.45) is 7.17. The standard InChI is InChI=1S/C13H19N3.C2H6/c1-10-9-16(7-6-12(10)15)13-5-3-2-4-11(13)8-14;1-2/h3,5,10,12H,2,4,6-7,9,15H2,1H3;1-2H3. The van der Waals surface area contributed by atoms with Gasteiger partial charge in [0, 0.05) is 19.1 Å². The summed E-state index contributed by atoms with van der Waals surface area (Å²) >= 11 is 0. The van der Waals surface area contributed by atoms with Crippen LogP contribution in [0.3, 0.4) is 0 Å². The van der Waals surface area contributed by atoms with Gasteiger partial charge in [-0.3, -0.25) is 0 Å².